The Bertz CT molecular complexity index is 573. The summed E-state index contributed by atoms with van der Waals surface area (Å²) in [6.45, 7) is 6.30. The van der Waals surface area contributed by atoms with Crippen LogP contribution in [0.25, 0.3) is 11.2 Å². The van der Waals surface area contributed by atoms with Gasteiger partial charge in [0.25, 0.3) is 0 Å². The van der Waals surface area contributed by atoms with Crippen LogP contribution in [0.4, 0.5) is 0 Å². The van der Waals surface area contributed by atoms with Crippen LogP contribution in [-0.4, -0.2) is 14.5 Å². The summed E-state index contributed by atoms with van der Waals surface area (Å²) in [7, 11) is 0. The average molecular weight is 250 g/mol. The van der Waals surface area contributed by atoms with Gasteiger partial charge in [-0.2, -0.15) is 0 Å². The predicted molar refractivity (Wildman–Crippen MR) is 69.4 cm³/mol. The lowest BCUT2D eigenvalue weighted by Crippen LogP contribution is -2.04. The number of hydrogen-bond donors (Lipinski definition) is 0. The topological polar surface area (TPSA) is 30.7 Å². The fraction of sp³-hybridized carbons (Fsp3) is 0.538. The standard InChI is InChI=1S/C13H16ClN3/c1-7-4-5-15-13-11(7)16-12(9(3)14)17(13)10-6-8(10)2/h4-5,8-10H,6H2,1-3H3. The van der Waals surface area contributed by atoms with Crippen molar-refractivity contribution in [1.82, 2.24) is 14.5 Å². The highest BCUT2D eigenvalue weighted by Gasteiger charge is 2.38. The molecule has 1 aliphatic rings. The first-order valence-corrected chi connectivity index (χ1v) is 6.50. The maximum absolute atomic E-state index is 6.24. The Balaban J connectivity index is 2.28. The van der Waals surface area contributed by atoms with Crippen molar-refractivity contribution in [3.63, 3.8) is 0 Å². The maximum atomic E-state index is 6.24. The molecule has 0 aliphatic heterocycles. The quantitative estimate of drug-likeness (QED) is 0.761. The molecule has 0 saturated heterocycles. The van der Waals surface area contributed by atoms with Crippen LogP contribution in [0, 0.1) is 12.8 Å². The molecule has 4 heteroatoms. The number of imidazole rings is 1. The first-order chi connectivity index (χ1) is 8.09. The van der Waals surface area contributed by atoms with Gasteiger partial charge in [-0.25, -0.2) is 9.97 Å². The van der Waals surface area contributed by atoms with Crippen molar-refractivity contribution in [3.05, 3.63) is 23.7 Å². The van der Waals surface area contributed by atoms with Gasteiger partial charge < -0.3 is 4.57 Å². The fourth-order valence-electron chi connectivity index (χ4n) is 2.40. The zero-order valence-corrected chi connectivity index (χ0v) is 11.1. The summed E-state index contributed by atoms with van der Waals surface area (Å²) in [6, 6.07) is 2.53. The summed E-state index contributed by atoms with van der Waals surface area (Å²) < 4.78 is 2.24. The smallest absolute Gasteiger partial charge is 0.160 e. The van der Waals surface area contributed by atoms with E-state index in [1.165, 1.54) is 12.0 Å². The molecule has 1 aliphatic carbocycles. The Morgan fingerprint density at radius 2 is 2.24 bits per heavy atom. The van der Waals surface area contributed by atoms with E-state index in [1.807, 2.05) is 19.2 Å². The highest BCUT2D eigenvalue weighted by Crippen LogP contribution is 2.46. The SMILES string of the molecule is Cc1ccnc2c1nc(C(C)Cl)n2C1CC1C. The lowest BCUT2D eigenvalue weighted by atomic mass is 10.3. The lowest BCUT2D eigenvalue weighted by molar-refractivity contribution is 0.654. The van der Waals surface area contributed by atoms with Gasteiger partial charge in [-0.05, 0) is 37.8 Å². The number of halogens is 1. The van der Waals surface area contributed by atoms with Crippen molar-refractivity contribution in [1.29, 1.82) is 0 Å². The van der Waals surface area contributed by atoms with E-state index >= 15 is 0 Å². The minimum absolute atomic E-state index is 0.0728. The van der Waals surface area contributed by atoms with Crippen LogP contribution in [0.3, 0.4) is 0 Å². The first kappa shape index (κ1) is 11.0. The van der Waals surface area contributed by atoms with E-state index in [2.05, 4.69) is 28.4 Å². The van der Waals surface area contributed by atoms with E-state index in [0.29, 0.717) is 12.0 Å². The third-order valence-corrected chi connectivity index (χ3v) is 3.76. The molecule has 0 spiro atoms. The van der Waals surface area contributed by atoms with E-state index in [0.717, 1.165) is 17.0 Å². The molecule has 17 heavy (non-hydrogen) atoms. The molecule has 0 bridgehead atoms. The molecule has 90 valence electrons. The normalized spacial score (nSPS) is 25.2. The van der Waals surface area contributed by atoms with Crippen LogP contribution >= 0.6 is 11.6 Å². The van der Waals surface area contributed by atoms with E-state index < -0.39 is 0 Å². The minimum atomic E-state index is -0.0728. The maximum Gasteiger partial charge on any atom is 0.160 e. The van der Waals surface area contributed by atoms with E-state index in [4.69, 9.17) is 11.6 Å². The summed E-state index contributed by atoms with van der Waals surface area (Å²) in [4.78, 5) is 9.16. The largest absolute Gasteiger partial charge is 0.308 e. The van der Waals surface area contributed by atoms with E-state index in [1.54, 1.807) is 0 Å². The average Bonchev–Trinajstić information content (AvgIpc) is 2.86. The van der Waals surface area contributed by atoms with Crippen LogP contribution in [-0.2, 0) is 0 Å². The highest BCUT2D eigenvalue weighted by molar-refractivity contribution is 6.20. The third kappa shape index (κ3) is 1.64. The van der Waals surface area contributed by atoms with Gasteiger partial charge in [0.1, 0.15) is 11.3 Å². The van der Waals surface area contributed by atoms with Crippen LogP contribution < -0.4 is 0 Å². The van der Waals surface area contributed by atoms with Crippen LogP contribution in [0.5, 0.6) is 0 Å². The Labute approximate surface area is 106 Å². The number of alkyl halides is 1. The molecule has 0 N–H and O–H groups in total. The number of aromatic nitrogens is 3. The molecular formula is C13H16ClN3. The fourth-order valence-corrected chi connectivity index (χ4v) is 2.55. The van der Waals surface area contributed by atoms with Gasteiger partial charge >= 0.3 is 0 Å². The van der Waals surface area contributed by atoms with Gasteiger partial charge in [0.15, 0.2) is 5.65 Å². The van der Waals surface area contributed by atoms with Gasteiger partial charge in [-0.3, -0.25) is 0 Å². The minimum Gasteiger partial charge on any atom is -0.308 e. The molecule has 1 saturated carbocycles. The number of fused-ring (bicyclic) bond motifs is 1. The summed E-state index contributed by atoms with van der Waals surface area (Å²) in [5.74, 6) is 1.67. The van der Waals surface area contributed by atoms with Gasteiger partial charge in [0.2, 0.25) is 0 Å². The van der Waals surface area contributed by atoms with Crippen molar-refractivity contribution in [2.45, 2.75) is 38.6 Å². The molecule has 0 aromatic carbocycles. The number of rotatable bonds is 2. The van der Waals surface area contributed by atoms with Gasteiger partial charge in [-0.1, -0.05) is 6.92 Å². The van der Waals surface area contributed by atoms with Crippen LogP contribution in [0.2, 0.25) is 0 Å². The molecule has 3 atom stereocenters. The molecule has 2 aromatic heterocycles. The van der Waals surface area contributed by atoms with Crippen molar-refractivity contribution in [2.75, 3.05) is 0 Å². The second kappa shape index (κ2) is 3.70. The molecule has 3 unspecified atom stereocenters. The second-order valence-electron chi connectivity index (χ2n) is 5.04. The van der Waals surface area contributed by atoms with Crippen molar-refractivity contribution >= 4 is 22.8 Å². The number of aryl methyl sites for hydroxylation is 1. The van der Waals surface area contributed by atoms with Gasteiger partial charge in [-0.15, -0.1) is 11.6 Å². The van der Waals surface area contributed by atoms with Gasteiger partial charge in [0.05, 0.1) is 5.38 Å². The Morgan fingerprint density at radius 3 is 2.82 bits per heavy atom. The predicted octanol–water partition coefficient (Wildman–Crippen LogP) is 3.62. The van der Waals surface area contributed by atoms with Crippen LogP contribution in [0.1, 0.15) is 43.1 Å². The third-order valence-electron chi connectivity index (χ3n) is 3.56. The van der Waals surface area contributed by atoms with Crippen molar-refractivity contribution in [2.24, 2.45) is 5.92 Å². The number of hydrogen-bond acceptors (Lipinski definition) is 2. The summed E-state index contributed by atoms with van der Waals surface area (Å²) in [5, 5.41) is -0.0728. The zero-order chi connectivity index (χ0) is 12.2. The summed E-state index contributed by atoms with van der Waals surface area (Å²) in [5.41, 5.74) is 3.15. The Morgan fingerprint density at radius 1 is 1.53 bits per heavy atom. The number of nitrogens with zero attached hydrogens (tertiary/aromatic N) is 3. The van der Waals surface area contributed by atoms with Crippen LogP contribution in [0.15, 0.2) is 12.3 Å². The molecule has 0 amide bonds. The van der Waals surface area contributed by atoms with E-state index in [-0.39, 0.29) is 5.38 Å². The Kier molecular flexibility index (Phi) is 2.40. The highest BCUT2D eigenvalue weighted by atomic mass is 35.5. The molecule has 0 radical (unpaired) electrons. The molecule has 3 nitrogen and oxygen atoms in total. The molecule has 3 rings (SSSR count). The van der Waals surface area contributed by atoms with E-state index in [9.17, 15) is 0 Å². The monoisotopic (exact) mass is 249 g/mol. The molecule has 2 heterocycles. The number of pyridine rings is 1. The molecular weight excluding hydrogens is 234 g/mol. The van der Waals surface area contributed by atoms with Crippen molar-refractivity contribution < 1.29 is 0 Å². The first-order valence-electron chi connectivity index (χ1n) is 6.07. The lowest BCUT2D eigenvalue weighted by Gasteiger charge is -2.08. The second-order valence-corrected chi connectivity index (χ2v) is 5.69. The zero-order valence-electron chi connectivity index (χ0n) is 10.3. The summed E-state index contributed by atoms with van der Waals surface area (Å²) >= 11 is 6.24. The Hall–Kier alpha value is -1.09. The van der Waals surface area contributed by atoms with Gasteiger partial charge in [0, 0.05) is 12.2 Å². The summed E-state index contributed by atoms with van der Waals surface area (Å²) in [6.07, 6.45) is 3.06. The molecule has 1 fully saturated rings. The molecule has 2 aromatic rings. The van der Waals surface area contributed by atoms with Crippen molar-refractivity contribution in [3.8, 4) is 0 Å².